The number of aliphatic carboxylic acids is 1. The van der Waals surface area contributed by atoms with Gasteiger partial charge in [0.05, 0.1) is 11.6 Å². The van der Waals surface area contributed by atoms with Crippen LogP contribution in [0.3, 0.4) is 0 Å². The molecule has 1 aliphatic heterocycles. The molecular weight excluding hydrogens is 404 g/mol. The summed E-state index contributed by atoms with van der Waals surface area (Å²) in [5, 5.41) is 26.4. The van der Waals surface area contributed by atoms with E-state index >= 15 is 0 Å². The molecule has 0 amide bonds. The van der Waals surface area contributed by atoms with Crippen molar-refractivity contribution in [2.24, 2.45) is 5.92 Å². The number of nitrogens with one attached hydrogen (secondary N) is 2. The second-order valence-electron chi connectivity index (χ2n) is 8.42. The molecule has 1 fully saturated rings. The molecule has 164 valence electrons. The molecule has 2 aromatic carbocycles. The van der Waals surface area contributed by atoms with E-state index in [0.717, 1.165) is 53.8 Å². The van der Waals surface area contributed by atoms with E-state index in [4.69, 9.17) is 0 Å². The number of allylic oxidation sites excluding steroid dienone is 1. The molecule has 5 rings (SSSR count). The van der Waals surface area contributed by atoms with Gasteiger partial charge in [-0.3, -0.25) is 0 Å². The van der Waals surface area contributed by atoms with Gasteiger partial charge in [0, 0.05) is 24.2 Å². The van der Waals surface area contributed by atoms with Crippen molar-refractivity contribution in [3.05, 3.63) is 65.4 Å². The maximum Gasteiger partial charge on any atom is 0.335 e. The monoisotopic (exact) mass is 430 g/mol. The van der Waals surface area contributed by atoms with Crippen LogP contribution in [0.5, 0.6) is 0 Å². The Morgan fingerprint density at radius 2 is 1.88 bits per heavy atom. The van der Waals surface area contributed by atoms with Gasteiger partial charge >= 0.3 is 5.97 Å². The molecule has 0 spiro atoms. The first-order valence-electron chi connectivity index (χ1n) is 11.1. The van der Waals surface area contributed by atoms with E-state index in [1.54, 1.807) is 0 Å². The van der Waals surface area contributed by atoms with Crippen molar-refractivity contribution in [3.63, 3.8) is 0 Å². The summed E-state index contributed by atoms with van der Waals surface area (Å²) in [6.45, 7) is 2.91. The van der Waals surface area contributed by atoms with Gasteiger partial charge in [-0.25, -0.2) is 10.2 Å². The Bertz CT molecular complexity index is 1140. The van der Waals surface area contributed by atoms with Crippen LogP contribution in [0.2, 0.25) is 0 Å². The quantitative estimate of drug-likeness (QED) is 0.503. The molecule has 1 aliphatic carbocycles. The fourth-order valence-electron chi connectivity index (χ4n) is 4.48. The summed E-state index contributed by atoms with van der Waals surface area (Å²) in [4.78, 5) is 12.1. The van der Waals surface area contributed by atoms with E-state index in [1.165, 1.54) is 0 Å². The number of carboxylic acid groups (broad SMARTS) is 1. The zero-order valence-electron chi connectivity index (χ0n) is 18.0. The van der Waals surface area contributed by atoms with Crippen LogP contribution in [0.1, 0.15) is 31.7 Å². The highest BCUT2D eigenvalue weighted by Gasteiger charge is 2.43. The number of hydrazine groups is 1. The van der Waals surface area contributed by atoms with Crippen LogP contribution in [0, 0.1) is 5.92 Å². The Hall–Kier alpha value is -3.52. The molecule has 1 unspecified atom stereocenters. The maximum atomic E-state index is 12.1. The number of nitrogens with zero attached hydrogens (tertiary/aromatic N) is 4. The summed E-state index contributed by atoms with van der Waals surface area (Å²) in [6, 6.07) is 16.2. The van der Waals surface area contributed by atoms with E-state index < -0.39 is 5.97 Å². The van der Waals surface area contributed by atoms with Crippen LogP contribution in [-0.2, 0) is 11.2 Å². The summed E-state index contributed by atoms with van der Waals surface area (Å²) in [6.07, 6.45) is 3.73. The first-order valence-corrected chi connectivity index (χ1v) is 11.1. The molecule has 0 radical (unpaired) electrons. The van der Waals surface area contributed by atoms with Crippen LogP contribution >= 0.6 is 0 Å². The summed E-state index contributed by atoms with van der Waals surface area (Å²) in [5.41, 5.74) is 8.95. The number of hydrogen-bond acceptors (Lipinski definition) is 6. The van der Waals surface area contributed by atoms with Crippen molar-refractivity contribution >= 4 is 5.97 Å². The van der Waals surface area contributed by atoms with Crippen molar-refractivity contribution in [3.8, 4) is 22.5 Å². The Morgan fingerprint density at radius 1 is 1.12 bits per heavy atom. The van der Waals surface area contributed by atoms with Gasteiger partial charge in [0.2, 0.25) is 5.82 Å². The average Bonchev–Trinajstić information content (AvgIpc) is 3.38. The lowest BCUT2D eigenvalue weighted by molar-refractivity contribution is -0.133. The molecule has 2 heterocycles. The number of aromatic amines is 1. The normalized spacial score (nSPS) is 18.4. The molecule has 3 N–H and O–H groups in total. The van der Waals surface area contributed by atoms with Gasteiger partial charge in [-0.1, -0.05) is 55.5 Å². The molecule has 0 saturated heterocycles. The maximum absolute atomic E-state index is 12.1. The zero-order valence-corrected chi connectivity index (χ0v) is 18.0. The number of aromatic nitrogens is 4. The van der Waals surface area contributed by atoms with Gasteiger partial charge in [-0.15, -0.1) is 10.2 Å². The largest absolute Gasteiger partial charge is 0.478 e. The van der Waals surface area contributed by atoms with Crippen molar-refractivity contribution in [2.75, 3.05) is 6.54 Å². The average molecular weight is 431 g/mol. The van der Waals surface area contributed by atoms with Gasteiger partial charge < -0.3 is 10.1 Å². The third-order valence-electron chi connectivity index (χ3n) is 6.16. The Morgan fingerprint density at radius 3 is 2.50 bits per heavy atom. The van der Waals surface area contributed by atoms with Gasteiger partial charge in [-0.05, 0) is 47.1 Å². The van der Waals surface area contributed by atoms with E-state index in [1.807, 2.05) is 24.3 Å². The first-order chi connectivity index (χ1) is 15.7. The van der Waals surface area contributed by atoms with Gasteiger partial charge in [0.1, 0.15) is 0 Å². The van der Waals surface area contributed by atoms with E-state index in [-0.39, 0.29) is 6.04 Å². The Labute approximate surface area is 186 Å². The Kier molecular flexibility index (Phi) is 5.45. The smallest absolute Gasteiger partial charge is 0.335 e. The second-order valence-corrected chi connectivity index (χ2v) is 8.42. The zero-order chi connectivity index (χ0) is 22.1. The third kappa shape index (κ3) is 3.89. The summed E-state index contributed by atoms with van der Waals surface area (Å²) < 4.78 is 0. The van der Waals surface area contributed by atoms with Gasteiger partial charge in [0.25, 0.3) is 0 Å². The van der Waals surface area contributed by atoms with Gasteiger partial charge in [0.15, 0.2) is 0 Å². The molecule has 8 heteroatoms. The van der Waals surface area contributed by atoms with Crippen LogP contribution in [-0.4, -0.2) is 49.3 Å². The predicted molar refractivity (Wildman–Crippen MR) is 120 cm³/mol. The minimum atomic E-state index is -0.811. The van der Waals surface area contributed by atoms with E-state index in [9.17, 15) is 9.90 Å². The molecule has 3 aromatic rings. The SMILES string of the molecule is CCCN1NC(C2CC2)C(C(=O)O)=C1Cc1ccc(-c2ccccc2-c2nn[nH]n2)cc1. The standard InChI is InChI=1S/C24H26N6O2/c1-2-13-30-20(21(24(31)32)22(27-30)17-11-12-17)14-15-7-9-16(10-8-15)18-5-3-4-6-19(18)23-25-28-29-26-23/h3-10,17,22,27H,2,11-14H2,1H3,(H,31,32)(H,25,26,28,29). The van der Waals surface area contributed by atoms with E-state index in [0.29, 0.717) is 23.7 Å². The lowest BCUT2D eigenvalue weighted by atomic mass is 9.96. The molecular formula is C24H26N6O2. The number of benzene rings is 2. The highest BCUT2D eigenvalue weighted by molar-refractivity contribution is 5.90. The topological polar surface area (TPSA) is 107 Å². The highest BCUT2D eigenvalue weighted by atomic mass is 16.4. The molecule has 2 aliphatic rings. The highest BCUT2D eigenvalue weighted by Crippen LogP contribution is 2.40. The summed E-state index contributed by atoms with van der Waals surface area (Å²) >= 11 is 0. The van der Waals surface area contributed by atoms with Crippen molar-refractivity contribution < 1.29 is 9.90 Å². The molecule has 32 heavy (non-hydrogen) atoms. The van der Waals surface area contributed by atoms with Crippen LogP contribution in [0.25, 0.3) is 22.5 Å². The first kappa shape index (κ1) is 20.4. The van der Waals surface area contributed by atoms with Crippen molar-refractivity contribution in [2.45, 2.75) is 38.6 Å². The van der Waals surface area contributed by atoms with Crippen LogP contribution in [0.4, 0.5) is 0 Å². The second kappa shape index (κ2) is 8.55. The minimum Gasteiger partial charge on any atom is -0.478 e. The number of H-pyrrole nitrogens is 1. The van der Waals surface area contributed by atoms with E-state index in [2.05, 4.69) is 62.2 Å². The van der Waals surface area contributed by atoms with Gasteiger partial charge in [-0.2, -0.15) is 5.21 Å². The number of hydrogen-bond donors (Lipinski definition) is 3. The molecule has 8 nitrogen and oxygen atoms in total. The molecule has 1 atom stereocenters. The third-order valence-corrected chi connectivity index (χ3v) is 6.16. The summed E-state index contributed by atoms with van der Waals surface area (Å²) in [7, 11) is 0. The number of carboxylic acids is 1. The summed E-state index contributed by atoms with van der Waals surface area (Å²) in [5.74, 6) is 0.176. The minimum absolute atomic E-state index is 0.0739. The Balaban J connectivity index is 1.44. The molecule has 0 bridgehead atoms. The number of tetrazole rings is 1. The molecule has 1 aromatic heterocycles. The van der Waals surface area contributed by atoms with Crippen LogP contribution < -0.4 is 5.43 Å². The number of carbonyl (C=O) groups is 1. The van der Waals surface area contributed by atoms with Crippen LogP contribution in [0.15, 0.2) is 59.8 Å². The fourth-order valence-corrected chi connectivity index (χ4v) is 4.48. The number of rotatable bonds is 8. The lowest BCUT2D eigenvalue weighted by Gasteiger charge is -2.23. The lowest BCUT2D eigenvalue weighted by Crippen LogP contribution is -2.39. The molecule has 1 saturated carbocycles. The van der Waals surface area contributed by atoms with Crippen molar-refractivity contribution in [1.29, 1.82) is 0 Å². The fraction of sp³-hybridized carbons (Fsp3) is 0.333. The predicted octanol–water partition coefficient (Wildman–Crippen LogP) is 3.42. The van der Waals surface area contributed by atoms with Crippen molar-refractivity contribution in [1.82, 2.24) is 31.1 Å².